The number of carbonyl (C=O) groups excluding carboxylic acids is 1. The van der Waals surface area contributed by atoms with Gasteiger partial charge in [0.1, 0.15) is 19.0 Å². The van der Waals surface area contributed by atoms with Gasteiger partial charge < -0.3 is 19.5 Å². The predicted octanol–water partition coefficient (Wildman–Crippen LogP) is 6.35. The van der Waals surface area contributed by atoms with Crippen LogP contribution in [0.2, 0.25) is 0 Å². The Labute approximate surface area is 220 Å². The zero-order valence-electron chi connectivity index (χ0n) is 21.9. The summed E-state index contributed by atoms with van der Waals surface area (Å²) in [7, 11) is 0. The van der Waals surface area contributed by atoms with Gasteiger partial charge in [0.2, 0.25) is 0 Å². The number of aliphatic carboxylic acids is 1. The second-order valence-corrected chi connectivity index (χ2v) is 11.1. The maximum atomic E-state index is 13.2. The van der Waals surface area contributed by atoms with Crippen LogP contribution in [0.1, 0.15) is 75.0 Å². The van der Waals surface area contributed by atoms with Crippen molar-refractivity contribution in [3.63, 3.8) is 0 Å². The van der Waals surface area contributed by atoms with E-state index in [9.17, 15) is 14.7 Å². The van der Waals surface area contributed by atoms with Crippen molar-refractivity contribution in [3.05, 3.63) is 65.2 Å². The molecule has 2 aromatic carbocycles. The van der Waals surface area contributed by atoms with E-state index in [1.165, 1.54) is 24.0 Å². The summed E-state index contributed by atoms with van der Waals surface area (Å²) in [5.41, 5.74) is 3.71. The molecule has 1 unspecified atom stereocenters. The van der Waals surface area contributed by atoms with E-state index >= 15 is 0 Å². The smallest absolute Gasteiger partial charge is 0.410 e. The number of rotatable bonds is 9. The van der Waals surface area contributed by atoms with Gasteiger partial charge in [-0.2, -0.15) is 0 Å². The van der Waals surface area contributed by atoms with Crippen molar-refractivity contribution < 1.29 is 24.2 Å². The van der Waals surface area contributed by atoms with Gasteiger partial charge in [0, 0.05) is 18.0 Å². The number of likely N-dealkylation sites (tertiary alicyclic amines) is 1. The molecule has 4 atom stereocenters. The van der Waals surface area contributed by atoms with Crippen LogP contribution in [0.25, 0.3) is 0 Å². The van der Waals surface area contributed by atoms with E-state index in [0.29, 0.717) is 25.5 Å². The average molecular weight is 506 g/mol. The Bertz CT molecular complexity index is 1100. The van der Waals surface area contributed by atoms with Crippen molar-refractivity contribution in [1.29, 1.82) is 0 Å². The van der Waals surface area contributed by atoms with Gasteiger partial charge in [0.05, 0.1) is 5.92 Å². The van der Waals surface area contributed by atoms with Crippen LogP contribution in [0.5, 0.6) is 5.75 Å². The maximum Gasteiger partial charge on any atom is 0.410 e. The van der Waals surface area contributed by atoms with Gasteiger partial charge in [-0.15, -0.1) is 0 Å². The molecule has 5 rings (SSSR count). The summed E-state index contributed by atoms with van der Waals surface area (Å²) in [6, 6.07) is 16.3. The van der Waals surface area contributed by atoms with E-state index in [0.717, 1.165) is 49.8 Å². The van der Waals surface area contributed by atoms with Crippen molar-refractivity contribution in [2.45, 2.75) is 82.8 Å². The lowest BCUT2D eigenvalue weighted by Gasteiger charge is -2.58. The zero-order valence-corrected chi connectivity index (χ0v) is 21.9. The fraction of sp³-hybridized carbons (Fsp3) is 0.548. The van der Waals surface area contributed by atoms with Crippen LogP contribution in [0.15, 0.2) is 48.5 Å². The maximum absolute atomic E-state index is 13.2. The second kappa shape index (κ2) is 11.2. The van der Waals surface area contributed by atoms with Crippen LogP contribution in [0.3, 0.4) is 0 Å². The molecule has 1 amide bonds. The quantitative estimate of drug-likeness (QED) is 0.430. The number of piperidine rings is 1. The fourth-order valence-corrected chi connectivity index (χ4v) is 7.03. The molecule has 6 heteroatoms. The first kappa shape index (κ1) is 25.6. The second-order valence-electron chi connectivity index (χ2n) is 11.1. The number of carboxylic acids is 1. The first-order chi connectivity index (χ1) is 18.0. The summed E-state index contributed by atoms with van der Waals surface area (Å²) in [5.74, 6) is -0.0838. The van der Waals surface area contributed by atoms with Crippen LogP contribution in [-0.4, -0.2) is 41.3 Å². The number of nitrogens with zero attached hydrogens (tertiary/aromatic N) is 1. The van der Waals surface area contributed by atoms with Gasteiger partial charge in [-0.1, -0.05) is 69.0 Å². The Morgan fingerprint density at radius 2 is 1.97 bits per heavy atom. The fourth-order valence-electron chi connectivity index (χ4n) is 7.03. The van der Waals surface area contributed by atoms with E-state index in [-0.39, 0.29) is 24.2 Å². The van der Waals surface area contributed by atoms with E-state index in [1.54, 1.807) is 0 Å². The highest BCUT2D eigenvalue weighted by atomic mass is 16.6. The van der Waals surface area contributed by atoms with E-state index in [1.807, 2.05) is 41.3 Å². The first-order valence-electron chi connectivity index (χ1n) is 14.0. The number of fused-ring (bicyclic) bond motifs is 1. The monoisotopic (exact) mass is 505 g/mol. The summed E-state index contributed by atoms with van der Waals surface area (Å²) < 4.78 is 11.8. The molecule has 2 fully saturated rings. The molecule has 2 bridgehead atoms. The predicted molar refractivity (Wildman–Crippen MR) is 142 cm³/mol. The lowest BCUT2D eigenvalue weighted by atomic mass is 9.52. The van der Waals surface area contributed by atoms with Crippen molar-refractivity contribution >= 4 is 12.1 Å². The van der Waals surface area contributed by atoms with Crippen molar-refractivity contribution in [2.75, 3.05) is 13.2 Å². The number of hydrogen-bond acceptors (Lipinski definition) is 4. The van der Waals surface area contributed by atoms with E-state index in [4.69, 9.17) is 9.47 Å². The lowest BCUT2D eigenvalue weighted by molar-refractivity contribution is -0.143. The molecule has 3 aliphatic rings. The van der Waals surface area contributed by atoms with Crippen LogP contribution in [0, 0.1) is 11.8 Å². The number of amides is 1. The molecule has 0 radical (unpaired) electrons. The topological polar surface area (TPSA) is 76.1 Å². The molecular weight excluding hydrogens is 466 g/mol. The van der Waals surface area contributed by atoms with E-state index in [2.05, 4.69) is 19.1 Å². The zero-order chi connectivity index (χ0) is 25.8. The van der Waals surface area contributed by atoms with E-state index < -0.39 is 11.9 Å². The third-order valence-corrected chi connectivity index (χ3v) is 8.95. The number of benzene rings is 2. The van der Waals surface area contributed by atoms with Gasteiger partial charge in [0.25, 0.3) is 0 Å². The average Bonchev–Trinajstić information content (AvgIpc) is 2.92. The highest BCUT2D eigenvalue weighted by Gasteiger charge is 2.55. The summed E-state index contributed by atoms with van der Waals surface area (Å²) in [6.45, 7) is 3.28. The summed E-state index contributed by atoms with van der Waals surface area (Å²) in [6.07, 6.45) is 8.70. The molecule has 1 saturated heterocycles. The molecule has 1 N–H and O–H groups in total. The number of carboxylic acid groups (broad SMARTS) is 1. The molecule has 1 heterocycles. The van der Waals surface area contributed by atoms with Gasteiger partial charge in [-0.05, 0) is 66.8 Å². The Balaban J connectivity index is 1.34. The van der Waals surface area contributed by atoms with Gasteiger partial charge >= 0.3 is 12.1 Å². The molecule has 0 spiro atoms. The minimum absolute atomic E-state index is 0.0560. The molecule has 2 aromatic rings. The number of hydrogen-bond donors (Lipinski definition) is 1. The molecule has 198 valence electrons. The van der Waals surface area contributed by atoms with Gasteiger partial charge in [-0.3, -0.25) is 4.79 Å². The number of carbonyl (C=O) groups is 2. The Morgan fingerprint density at radius 1 is 1.14 bits per heavy atom. The third kappa shape index (κ3) is 5.21. The highest BCUT2D eigenvalue weighted by molar-refractivity contribution is 5.70. The standard InChI is InChI=1S/C31H39NO5/c1-2-3-11-24(29(33)34)21-36-25-14-13-23-18-28-26-12-7-8-15-31(26,27(23)19-25)16-17-32(28)30(35)37-20-22-9-5-4-6-10-22/h4-6,9-10,13-14,19,24,26,28H,2-3,7-8,11-12,15-18,20-21H2,1H3,(H,33,34)/t24?,26-,28+,31+/m0/s1. The number of unbranched alkanes of at least 4 members (excludes halogenated alkanes) is 1. The Kier molecular flexibility index (Phi) is 7.73. The molecule has 6 nitrogen and oxygen atoms in total. The van der Waals surface area contributed by atoms with Crippen LogP contribution >= 0.6 is 0 Å². The molecule has 37 heavy (non-hydrogen) atoms. The highest BCUT2D eigenvalue weighted by Crippen LogP contribution is 2.56. The van der Waals surface area contributed by atoms with Crippen molar-refractivity contribution in [2.24, 2.45) is 11.8 Å². The third-order valence-electron chi connectivity index (χ3n) is 8.95. The lowest BCUT2D eigenvalue weighted by Crippen LogP contribution is -2.62. The number of ether oxygens (including phenoxy) is 2. The molecule has 1 saturated carbocycles. The van der Waals surface area contributed by atoms with Gasteiger partial charge in [-0.25, -0.2) is 4.79 Å². The molecular formula is C31H39NO5. The summed E-state index contributed by atoms with van der Waals surface area (Å²) in [5, 5.41) is 9.59. The molecule has 0 aromatic heterocycles. The Hall–Kier alpha value is -3.02. The Morgan fingerprint density at radius 3 is 2.76 bits per heavy atom. The summed E-state index contributed by atoms with van der Waals surface area (Å²) >= 11 is 0. The SMILES string of the molecule is CCCCC(COc1ccc2c(c1)[C@@]13CCCC[C@H]1[C@@H](C2)N(C(=O)OCc1ccccc1)CC3)C(=O)O. The van der Waals surface area contributed by atoms with Crippen molar-refractivity contribution in [3.8, 4) is 5.75 Å². The minimum atomic E-state index is -0.785. The molecule has 1 aliphatic heterocycles. The summed E-state index contributed by atoms with van der Waals surface area (Å²) in [4.78, 5) is 26.9. The van der Waals surface area contributed by atoms with Crippen molar-refractivity contribution in [1.82, 2.24) is 4.90 Å². The normalized spacial score (nSPS) is 24.9. The van der Waals surface area contributed by atoms with Gasteiger partial charge in [0.15, 0.2) is 0 Å². The van der Waals surface area contributed by atoms with Crippen LogP contribution in [-0.2, 0) is 28.0 Å². The minimum Gasteiger partial charge on any atom is -0.493 e. The largest absolute Gasteiger partial charge is 0.493 e. The van der Waals surface area contributed by atoms with Crippen LogP contribution < -0.4 is 4.74 Å². The van der Waals surface area contributed by atoms with Crippen LogP contribution in [0.4, 0.5) is 4.79 Å². The molecule has 2 aliphatic carbocycles. The first-order valence-corrected chi connectivity index (χ1v) is 14.0.